The van der Waals surface area contributed by atoms with Crippen LogP contribution in [0.3, 0.4) is 0 Å². The summed E-state index contributed by atoms with van der Waals surface area (Å²) < 4.78 is 1.10. The molecule has 0 saturated heterocycles. The van der Waals surface area contributed by atoms with Crippen molar-refractivity contribution in [1.82, 2.24) is 19.8 Å². The van der Waals surface area contributed by atoms with E-state index in [0.29, 0.717) is 30.8 Å². The van der Waals surface area contributed by atoms with Crippen molar-refractivity contribution in [3.8, 4) is 0 Å². The number of anilines is 1. The zero-order chi connectivity index (χ0) is 19.8. The van der Waals surface area contributed by atoms with E-state index in [1.165, 1.54) is 0 Å². The third-order valence-electron chi connectivity index (χ3n) is 4.79. The predicted octanol–water partition coefficient (Wildman–Crippen LogP) is 3.29. The number of urea groups is 1. The summed E-state index contributed by atoms with van der Waals surface area (Å²) in [5.74, 6) is -0.192. The average molecular weight is 395 g/mol. The second-order valence-electron chi connectivity index (χ2n) is 7.04. The van der Waals surface area contributed by atoms with Crippen molar-refractivity contribution in [2.45, 2.75) is 19.9 Å². The minimum Gasteiger partial charge on any atom is -0.331 e. The molecular formula is C20H21N5O2S. The SMILES string of the molecule is Cc1nc2cc(NC(=O)c3cncc4c3CCN(C(=O)N(C)C)C4)ccc2s1. The van der Waals surface area contributed by atoms with E-state index in [0.717, 1.165) is 26.4 Å². The van der Waals surface area contributed by atoms with Gasteiger partial charge in [-0.2, -0.15) is 0 Å². The van der Waals surface area contributed by atoms with Crippen molar-refractivity contribution < 1.29 is 9.59 Å². The van der Waals surface area contributed by atoms with Gasteiger partial charge in [-0.3, -0.25) is 9.78 Å². The van der Waals surface area contributed by atoms with Crippen LogP contribution in [0.5, 0.6) is 0 Å². The fourth-order valence-electron chi connectivity index (χ4n) is 3.45. The number of hydrogen-bond donors (Lipinski definition) is 1. The summed E-state index contributed by atoms with van der Waals surface area (Å²) >= 11 is 1.63. The molecule has 3 aromatic rings. The molecule has 1 aliphatic rings. The van der Waals surface area contributed by atoms with E-state index in [-0.39, 0.29) is 11.9 Å². The van der Waals surface area contributed by atoms with Gasteiger partial charge in [0.25, 0.3) is 5.91 Å². The van der Waals surface area contributed by atoms with Gasteiger partial charge < -0.3 is 15.1 Å². The first-order valence-electron chi connectivity index (χ1n) is 9.03. The van der Waals surface area contributed by atoms with Crippen LogP contribution in [-0.2, 0) is 13.0 Å². The summed E-state index contributed by atoms with van der Waals surface area (Å²) in [5, 5.41) is 3.96. The van der Waals surface area contributed by atoms with Gasteiger partial charge in [-0.25, -0.2) is 9.78 Å². The van der Waals surface area contributed by atoms with Crippen LogP contribution in [0.1, 0.15) is 26.5 Å². The number of hydrogen-bond acceptors (Lipinski definition) is 5. The monoisotopic (exact) mass is 395 g/mol. The number of fused-ring (bicyclic) bond motifs is 2. The number of aryl methyl sites for hydroxylation is 1. The number of thiazole rings is 1. The summed E-state index contributed by atoms with van der Waals surface area (Å²) in [4.78, 5) is 37.2. The van der Waals surface area contributed by atoms with E-state index in [1.54, 1.807) is 47.6 Å². The van der Waals surface area contributed by atoms with Crippen LogP contribution < -0.4 is 5.32 Å². The second kappa shape index (κ2) is 7.20. The van der Waals surface area contributed by atoms with E-state index in [9.17, 15) is 9.59 Å². The molecule has 0 fully saturated rings. The highest BCUT2D eigenvalue weighted by Crippen LogP contribution is 2.26. The maximum Gasteiger partial charge on any atom is 0.319 e. The molecular weight excluding hydrogens is 374 g/mol. The number of aromatic nitrogens is 2. The third-order valence-corrected chi connectivity index (χ3v) is 5.74. The molecule has 0 radical (unpaired) electrons. The fraction of sp³-hybridized carbons (Fsp3) is 0.300. The minimum atomic E-state index is -0.192. The lowest BCUT2D eigenvalue weighted by Gasteiger charge is -2.31. The van der Waals surface area contributed by atoms with Gasteiger partial charge in [0.15, 0.2) is 0 Å². The molecule has 0 saturated carbocycles. The number of carbonyl (C=O) groups excluding carboxylic acids is 2. The molecule has 3 amide bonds. The van der Waals surface area contributed by atoms with Gasteiger partial charge in [-0.1, -0.05) is 0 Å². The molecule has 7 nitrogen and oxygen atoms in total. The Hall–Kier alpha value is -3.00. The Bertz CT molecular complexity index is 1080. The highest BCUT2D eigenvalue weighted by molar-refractivity contribution is 7.18. The van der Waals surface area contributed by atoms with Crippen molar-refractivity contribution in [3.63, 3.8) is 0 Å². The quantitative estimate of drug-likeness (QED) is 0.722. The molecule has 0 bridgehead atoms. The van der Waals surface area contributed by atoms with Gasteiger partial charge >= 0.3 is 6.03 Å². The highest BCUT2D eigenvalue weighted by atomic mass is 32.1. The molecule has 28 heavy (non-hydrogen) atoms. The molecule has 2 aromatic heterocycles. The summed E-state index contributed by atoms with van der Waals surface area (Å²) in [6, 6.07) is 5.71. The summed E-state index contributed by atoms with van der Waals surface area (Å²) in [7, 11) is 3.47. The van der Waals surface area contributed by atoms with Crippen LogP contribution in [-0.4, -0.2) is 52.3 Å². The van der Waals surface area contributed by atoms with Crippen molar-refractivity contribution in [2.24, 2.45) is 0 Å². The van der Waals surface area contributed by atoms with Crippen LogP contribution in [0.15, 0.2) is 30.6 Å². The lowest BCUT2D eigenvalue weighted by Crippen LogP contribution is -2.42. The number of rotatable bonds is 2. The summed E-state index contributed by atoms with van der Waals surface area (Å²) in [6.07, 6.45) is 3.97. The molecule has 1 aromatic carbocycles. The Balaban J connectivity index is 1.57. The molecule has 1 N–H and O–H groups in total. The van der Waals surface area contributed by atoms with Gasteiger partial charge in [-0.05, 0) is 42.7 Å². The van der Waals surface area contributed by atoms with Crippen LogP contribution in [0.2, 0.25) is 0 Å². The number of nitrogens with zero attached hydrogens (tertiary/aromatic N) is 4. The van der Waals surface area contributed by atoms with E-state index in [4.69, 9.17) is 0 Å². The first-order valence-corrected chi connectivity index (χ1v) is 9.84. The van der Waals surface area contributed by atoms with Crippen LogP contribution >= 0.6 is 11.3 Å². The number of carbonyl (C=O) groups is 2. The van der Waals surface area contributed by atoms with Gasteiger partial charge in [0.2, 0.25) is 0 Å². The molecule has 0 atom stereocenters. The zero-order valence-corrected chi connectivity index (χ0v) is 16.8. The summed E-state index contributed by atoms with van der Waals surface area (Å²) in [6.45, 7) is 3.01. The fourth-order valence-corrected chi connectivity index (χ4v) is 4.26. The largest absolute Gasteiger partial charge is 0.331 e. The maximum atomic E-state index is 12.9. The Morgan fingerprint density at radius 3 is 2.86 bits per heavy atom. The third kappa shape index (κ3) is 3.43. The molecule has 144 valence electrons. The van der Waals surface area contributed by atoms with Crippen molar-refractivity contribution >= 4 is 39.2 Å². The van der Waals surface area contributed by atoms with Crippen molar-refractivity contribution in [1.29, 1.82) is 0 Å². The molecule has 0 aliphatic carbocycles. The first kappa shape index (κ1) is 18.4. The van der Waals surface area contributed by atoms with E-state index in [1.807, 2.05) is 25.1 Å². The van der Waals surface area contributed by atoms with Crippen molar-refractivity contribution in [2.75, 3.05) is 26.0 Å². The molecule has 0 unspecified atom stereocenters. The van der Waals surface area contributed by atoms with Crippen LogP contribution in [0.25, 0.3) is 10.2 Å². The lowest BCUT2D eigenvalue weighted by molar-refractivity contribution is 0.102. The minimum absolute atomic E-state index is 0.0348. The molecule has 8 heteroatoms. The van der Waals surface area contributed by atoms with Crippen LogP contribution in [0.4, 0.5) is 10.5 Å². The molecule has 3 heterocycles. The van der Waals surface area contributed by atoms with Gasteiger partial charge in [0.1, 0.15) is 0 Å². The highest BCUT2D eigenvalue weighted by Gasteiger charge is 2.25. The Morgan fingerprint density at radius 1 is 1.25 bits per heavy atom. The normalized spacial score (nSPS) is 13.3. The lowest BCUT2D eigenvalue weighted by atomic mass is 9.97. The second-order valence-corrected chi connectivity index (χ2v) is 8.28. The van der Waals surface area contributed by atoms with Gasteiger partial charge in [0, 0.05) is 45.3 Å². The number of benzene rings is 1. The first-order chi connectivity index (χ1) is 13.4. The zero-order valence-electron chi connectivity index (χ0n) is 16.0. The summed E-state index contributed by atoms with van der Waals surface area (Å²) in [5.41, 5.74) is 4.02. The van der Waals surface area contributed by atoms with E-state index in [2.05, 4.69) is 15.3 Å². The molecule has 4 rings (SSSR count). The average Bonchev–Trinajstić information content (AvgIpc) is 3.05. The number of amides is 3. The Kier molecular flexibility index (Phi) is 4.72. The Morgan fingerprint density at radius 2 is 2.07 bits per heavy atom. The topological polar surface area (TPSA) is 78.4 Å². The number of nitrogens with one attached hydrogen (secondary N) is 1. The van der Waals surface area contributed by atoms with E-state index < -0.39 is 0 Å². The van der Waals surface area contributed by atoms with Gasteiger partial charge in [-0.15, -0.1) is 11.3 Å². The molecule has 1 aliphatic heterocycles. The smallest absolute Gasteiger partial charge is 0.319 e. The van der Waals surface area contributed by atoms with Gasteiger partial charge in [0.05, 0.1) is 20.8 Å². The van der Waals surface area contributed by atoms with Crippen LogP contribution in [0, 0.1) is 6.92 Å². The Labute approximate surface area is 167 Å². The molecule has 0 spiro atoms. The maximum absolute atomic E-state index is 12.9. The van der Waals surface area contributed by atoms with E-state index >= 15 is 0 Å². The standard InChI is InChI=1S/C20H21N5O2S/c1-12-22-17-8-14(4-5-18(17)28-12)23-19(26)16-10-21-9-13-11-25(7-6-15(13)16)20(27)24(2)3/h4-5,8-10H,6-7,11H2,1-3H3,(H,23,26). The van der Waals surface area contributed by atoms with Crippen molar-refractivity contribution in [3.05, 3.63) is 52.3 Å². The predicted molar refractivity (Wildman–Crippen MR) is 110 cm³/mol. The number of pyridine rings is 1.